The zero-order chi connectivity index (χ0) is 14.4. The van der Waals surface area contributed by atoms with E-state index in [1.807, 2.05) is 12.2 Å². The molecule has 0 bridgehead atoms. The second kappa shape index (κ2) is 4.61. The van der Waals surface area contributed by atoms with Crippen LogP contribution >= 0.6 is 0 Å². The number of fused-ring (bicyclic) bond motifs is 1. The molecule has 3 heterocycles. The molecule has 1 unspecified atom stereocenters. The van der Waals surface area contributed by atoms with Crippen molar-refractivity contribution in [2.45, 2.75) is 25.1 Å². The molecule has 2 aromatic rings. The molecule has 0 amide bonds. The van der Waals surface area contributed by atoms with Crippen LogP contribution in [-0.2, 0) is 0 Å². The van der Waals surface area contributed by atoms with Crippen LogP contribution in [0.25, 0.3) is 5.95 Å². The van der Waals surface area contributed by atoms with Crippen molar-refractivity contribution < 1.29 is 8.78 Å². The fraction of sp³-hybridized carbons (Fsp3) is 0.357. The molecule has 2 aromatic heterocycles. The average molecular weight is 289 g/mol. The van der Waals surface area contributed by atoms with Gasteiger partial charge in [0.1, 0.15) is 6.33 Å². The molecular formula is C14H13F2N5. The fourth-order valence-corrected chi connectivity index (χ4v) is 2.96. The van der Waals surface area contributed by atoms with Crippen LogP contribution in [0.2, 0.25) is 0 Å². The van der Waals surface area contributed by atoms with E-state index in [4.69, 9.17) is 0 Å². The first-order valence-electron chi connectivity index (χ1n) is 6.86. The predicted molar refractivity (Wildman–Crippen MR) is 71.0 cm³/mol. The summed E-state index contributed by atoms with van der Waals surface area (Å²) in [4.78, 5) is 7.69. The van der Waals surface area contributed by atoms with E-state index in [1.54, 1.807) is 4.68 Å². The van der Waals surface area contributed by atoms with E-state index in [-0.39, 0.29) is 17.9 Å². The molecule has 0 radical (unpaired) electrons. The minimum atomic E-state index is -1.14. The summed E-state index contributed by atoms with van der Waals surface area (Å²) in [6, 6.07) is -0.0502. The van der Waals surface area contributed by atoms with Gasteiger partial charge in [-0.15, -0.1) is 5.10 Å². The van der Waals surface area contributed by atoms with Crippen LogP contribution in [0.1, 0.15) is 30.9 Å². The lowest BCUT2D eigenvalue weighted by Gasteiger charge is -2.21. The van der Waals surface area contributed by atoms with Crippen molar-refractivity contribution in [3.8, 4) is 5.95 Å². The Morgan fingerprint density at radius 1 is 1.29 bits per heavy atom. The van der Waals surface area contributed by atoms with Crippen LogP contribution in [0.3, 0.4) is 0 Å². The minimum Gasteiger partial charge on any atom is -0.270 e. The van der Waals surface area contributed by atoms with Crippen molar-refractivity contribution in [3.63, 3.8) is 0 Å². The van der Waals surface area contributed by atoms with E-state index in [0.717, 1.165) is 6.42 Å². The summed E-state index contributed by atoms with van der Waals surface area (Å²) < 4.78 is 30.2. The lowest BCUT2D eigenvalue weighted by atomic mass is 9.91. The fourth-order valence-electron chi connectivity index (χ4n) is 2.96. The highest BCUT2D eigenvalue weighted by atomic mass is 19.1. The van der Waals surface area contributed by atoms with Crippen LogP contribution in [0.5, 0.6) is 0 Å². The largest absolute Gasteiger partial charge is 0.270 e. The van der Waals surface area contributed by atoms with Gasteiger partial charge in [-0.2, -0.15) is 9.37 Å². The molecule has 1 aliphatic heterocycles. The summed E-state index contributed by atoms with van der Waals surface area (Å²) in [6.45, 7) is 0. The summed E-state index contributed by atoms with van der Waals surface area (Å²) in [7, 11) is 0. The van der Waals surface area contributed by atoms with Crippen molar-refractivity contribution in [3.05, 3.63) is 48.6 Å². The molecule has 108 valence electrons. The van der Waals surface area contributed by atoms with Crippen LogP contribution in [0, 0.1) is 11.9 Å². The van der Waals surface area contributed by atoms with Gasteiger partial charge >= 0.3 is 0 Å². The SMILES string of the molecule is Fc1cn(-c2nc3n(n2)[C@H](C2C=CC=CC2)C[C@@H]3F)cn1. The Bertz CT molecular complexity index is 730. The van der Waals surface area contributed by atoms with Gasteiger partial charge in [0.25, 0.3) is 5.95 Å². The summed E-state index contributed by atoms with van der Waals surface area (Å²) in [6.07, 6.45) is 10.7. The Hall–Kier alpha value is -2.31. The van der Waals surface area contributed by atoms with Crippen molar-refractivity contribution in [2.24, 2.45) is 5.92 Å². The van der Waals surface area contributed by atoms with Crippen LogP contribution < -0.4 is 0 Å². The van der Waals surface area contributed by atoms with Gasteiger partial charge in [-0.3, -0.25) is 4.57 Å². The molecule has 0 aromatic carbocycles. The number of alkyl halides is 1. The number of allylic oxidation sites excluding steroid dienone is 4. The Balaban J connectivity index is 1.70. The number of hydrogen-bond acceptors (Lipinski definition) is 3. The first-order chi connectivity index (χ1) is 10.2. The smallest absolute Gasteiger partial charge is 0.254 e. The van der Waals surface area contributed by atoms with Crippen LogP contribution in [0.15, 0.2) is 36.8 Å². The lowest BCUT2D eigenvalue weighted by molar-refractivity contribution is 0.291. The summed E-state index contributed by atoms with van der Waals surface area (Å²) in [5.41, 5.74) is 0. The quantitative estimate of drug-likeness (QED) is 0.854. The Kier molecular flexibility index (Phi) is 2.73. The van der Waals surface area contributed by atoms with Crippen molar-refractivity contribution in [1.82, 2.24) is 24.3 Å². The maximum absolute atomic E-state index is 14.2. The van der Waals surface area contributed by atoms with E-state index in [2.05, 4.69) is 27.2 Å². The number of hydrogen-bond donors (Lipinski definition) is 0. The Labute approximate surface area is 119 Å². The van der Waals surface area contributed by atoms with E-state index >= 15 is 0 Å². The molecular weight excluding hydrogens is 276 g/mol. The van der Waals surface area contributed by atoms with Gasteiger partial charge in [0, 0.05) is 12.3 Å². The standard InChI is InChI=1S/C14H13F2N5/c15-10-6-11(9-4-2-1-3-5-9)21-13(10)18-14(19-21)20-7-12(16)17-8-20/h1-4,7-11H,5-6H2/t9?,10-,11-/m0/s1. The van der Waals surface area contributed by atoms with Gasteiger partial charge in [0.15, 0.2) is 12.0 Å². The third kappa shape index (κ3) is 2.00. The number of imidazole rings is 1. The zero-order valence-corrected chi connectivity index (χ0v) is 11.1. The van der Waals surface area contributed by atoms with Gasteiger partial charge in [-0.25, -0.2) is 14.1 Å². The Morgan fingerprint density at radius 2 is 2.19 bits per heavy atom. The second-order valence-corrected chi connectivity index (χ2v) is 5.30. The molecule has 2 aliphatic rings. The number of aromatic nitrogens is 5. The van der Waals surface area contributed by atoms with E-state index < -0.39 is 12.1 Å². The summed E-state index contributed by atoms with van der Waals surface area (Å²) >= 11 is 0. The maximum Gasteiger partial charge on any atom is 0.254 e. The molecule has 0 saturated heterocycles. The molecule has 5 nitrogen and oxygen atoms in total. The molecule has 4 rings (SSSR count). The van der Waals surface area contributed by atoms with Gasteiger partial charge in [-0.1, -0.05) is 24.3 Å². The van der Waals surface area contributed by atoms with Crippen LogP contribution in [-0.4, -0.2) is 24.3 Å². The molecule has 0 fully saturated rings. The third-order valence-corrected chi connectivity index (χ3v) is 3.98. The molecule has 3 atom stereocenters. The van der Waals surface area contributed by atoms with Crippen LogP contribution in [0.4, 0.5) is 8.78 Å². The zero-order valence-electron chi connectivity index (χ0n) is 11.1. The molecule has 0 saturated carbocycles. The summed E-state index contributed by atoms with van der Waals surface area (Å²) in [5, 5.41) is 4.35. The monoisotopic (exact) mass is 289 g/mol. The molecule has 1 aliphatic carbocycles. The molecule has 0 N–H and O–H groups in total. The maximum atomic E-state index is 14.2. The number of halogens is 2. The van der Waals surface area contributed by atoms with E-state index in [1.165, 1.54) is 17.1 Å². The number of rotatable bonds is 2. The normalized spacial score (nSPS) is 27.2. The van der Waals surface area contributed by atoms with Gasteiger partial charge in [0.05, 0.1) is 12.2 Å². The number of nitrogens with zero attached hydrogens (tertiary/aromatic N) is 5. The Morgan fingerprint density at radius 3 is 2.90 bits per heavy atom. The first kappa shape index (κ1) is 12.4. The van der Waals surface area contributed by atoms with Crippen molar-refractivity contribution >= 4 is 0 Å². The lowest BCUT2D eigenvalue weighted by Crippen LogP contribution is -2.16. The highest BCUT2D eigenvalue weighted by Gasteiger charge is 2.38. The van der Waals surface area contributed by atoms with Gasteiger partial charge in [0.2, 0.25) is 5.95 Å². The second-order valence-electron chi connectivity index (χ2n) is 5.30. The highest BCUT2D eigenvalue weighted by molar-refractivity contribution is 5.19. The van der Waals surface area contributed by atoms with E-state index in [0.29, 0.717) is 12.2 Å². The molecule has 21 heavy (non-hydrogen) atoms. The first-order valence-corrected chi connectivity index (χ1v) is 6.86. The minimum absolute atomic E-state index is 0.0502. The highest BCUT2D eigenvalue weighted by Crippen LogP contribution is 2.42. The van der Waals surface area contributed by atoms with Gasteiger partial charge < -0.3 is 0 Å². The predicted octanol–water partition coefficient (Wildman–Crippen LogP) is 2.69. The third-order valence-electron chi connectivity index (χ3n) is 3.98. The topological polar surface area (TPSA) is 48.5 Å². The van der Waals surface area contributed by atoms with E-state index in [9.17, 15) is 8.78 Å². The molecule has 0 spiro atoms. The summed E-state index contributed by atoms with van der Waals surface area (Å²) in [5.74, 6) is 0.165. The van der Waals surface area contributed by atoms with Crippen molar-refractivity contribution in [2.75, 3.05) is 0 Å². The molecule has 7 heteroatoms. The van der Waals surface area contributed by atoms with Gasteiger partial charge in [-0.05, 0) is 6.42 Å². The average Bonchev–Trinajstić information content (AvgIpc) is 3.17. The van der Waals surface area contributed by atoms with Crippen molar-refractivity contribution in [1.29, 1.82) is 0 Å².